The van der Waals surface area contributed by atoms with Crippen LogP contribution >= 0.6 is 35.2 Å². The molecule has 1 aromatic heterocycles. The fraction of sp³-hybridized carbons (Fsp3) is 0. The van der Waals surface area contributed by atoms with Crippen LogP contribution in [0, 0.1) is 0 Å². The van der Waals surface area contributed by atoms with E-state index in [4.69, 9.17) is 23.8 Å². The number of anilines is 1. The Kier molecular flexibility index (Phi) is 4.30. The predicted molar refractivity (Wildman–Crippen MR) is 79.5 cm³/mol. The molecule has 2 rings (SSSR count). The molecule has 0 atom stereocenters. The minimum absolute atomic E-state index is 0.218. The van der Waals surface area contributed by atoms with Crippen LogP contribution in [0.25, 0.3) is 0 Å². The van der Waals surface area contributed by atoms with E-state index in [1.165, 1.54) is 11.3 Å². The molecule has 2 N–H and O–H groups in total. The minimum atomic E-state index is -0.218. The number of amides is 1. The monoisotopic (exact) mass is 296 g/mol. The van der Waals surface area contributed by atoms with Crippen LogP contribution in [0.1, 0.15) is 9.67 Å². The number of carbonyl (C=O) groups is 1. The molecule has 6 heteroatoms. The topological polar surface area (TPSA) is 41.1 Å². The van der Waals surface area contributed by atoms with Gasteiger partial charge >= 0.3 is 0 Å². The quantitative estimate of drug-likeness (QED) is 0.833. The number of nitrogens with one attached hydrogen (secondary N) is 2. The Labute approximate surface area is 119 Å². The lowest BCUT2D eigenvalue weighted by Gasteiger charge is -2.08. The molecule has 2 aromatic rings. The van der Waals surface area contributed by atoms with Crippen molar-refractivity contribution in [2.24, 2.45) is 0 Å². The van der Waals surface area contributed by atoms with Crippen molar-refractivity contribution in [1.82, 2.24) is 5.32 Å². The molecule has 18 heavy (non-hydrogen) atoms. The van der Waals surface area contributed by atoms with Gasteiger partial charge in [0.1, 0.15) is 0 Å². The second-order valence-electron chi connectivity index (χ2n) is 3.40. The Hall–Kier alpha value is -1.43. The highest BCUT2D eigenvalue weighted by molar-refractivity contribution is 7.80. The van der Waals surface area contributed by atoms with Crippen LogP contribution in [0.3, 0.4) is 0 Å². The molecule has 3 nitrogen and oxygen atoms in total. The van der Waals surface area contributed by atoms with Gasteiger partial charge in [-0.25, -0.2) is 0 Å². The van der Waals surface area contributed by atoms with Crippen LogP contribution in [0.2, 0.25) is 5.02 Å². The zero-order valence-corrected chi connectivity index (χ0v) is 11.5. The largest absolute Gasteiger partial charge is 0.332 e. The number of hydrogen-bond acceptors (Lipinski definition) is 3. The number of carbonyl (C=O) groups excluding carboxylic acids is 1. The summed E-state index contributed by atoms with van der Waals surface area (Å²) in [4.78, 5) is 12.3. The average molecular weight is 297 g/mol. The summed E-state index contributed by atoms with van der Waals surface area (Å²) in [6.45, 7) is 0. The molecule has 0 aliphatic rings. The van der Waals surface area contributed by atoms with Gasteiger partial charge in [-0.1, -0.05) is 23.7 Å². The predicted octanol–water partition coefficient (Wildman–Crippen LogP) is 3.53. The van der Waals surface area contributed by atoms with Gasteiger partial charge in [0.15, 0.2) is 5.11 Å². The molecular weight excluding hydrogens is 288 g/mol. The highest BCUT2D eigenvalue weighted by Gasteiger charge is 2.08. The molecule has 0 aliphatic heterocycles. The smallest absolute Gasteiger partial charge is 0.267 e. The lowest BCUT2D eigenvalue weighted by atomic mass is 10.3. The number of hydrogen-bond donors (Lipinski definition) is 2. The Morgan fingerprint density at radius 3 is 2.78 bits per heavy atom. The van der Waals surface area contributed by atoms with Crippen molar-refractivity contribution in [1.29, 1.82) is 0 Å². The van der Waals surface area contributed by atoms with Crippen molar-refractivity contribution < 1.29 is 4.79 Å². The lowest BCUT2D eigenvalue weighted by Crippen LogP contribution is -2.33. The van der Waals surface area contributed by atoms with Gasteiger partial charge in [-0.15, -0.1) is 11.3 Å². The number of thiocarbonyl (C=S) groups is 1. The summed E-state index contributed by atoms with van der Waals surface area (Å²) in [6.07, 6.45) is 0. The first-order valence-electron chi connectivity index (χ1n) is 5.06. The van der Waals surface area contributed by atoms with E-state index in [0.717, 1.165) is 5.69 Å². The normalized spacial score (nSPS) is 9.83. The molecule has 92 valence electrons. The summed E-state index contributed by atoms with van der Waals surface area (Å²) < 4.78 is 0. The minimum Gasteiger partial charge on any atom is -0.332 e. The molecule has 0 aliphatic carbocycles. The standard InChI is InChI=1S/C12H9ClN2OS2/c13-8-3-1-4-9(7-8)14-12(17)15-11(16)10-5-2-6-18-10/h1-7H,(H2,14,15,16,17). The molecule has 0 bridgehead atoms. The maximum absolute atomic E-state index is 11.7. The van der Waals surface area contributed by atoms with Crippen LogP contribution in [-0.4, -0.2) is 11.0 Å². The van der Waals surface area contributed by atoms with Gasteiger partial charge in [0, 0.05) is 10.7 Å². The van der Waals surface area contributed by atoms with Gasteiger partial charge in [0.05, 0.1) is 4.88 Å². The maximum atomic E-state index is 11.7. The van der Waals surface area contributed by atoms with E-state index < -0.39 is 0 Å². The number of benzene rings is 1. The molecule has 0 unspecified atom stereocenters. The van der Waals surface area contributed by atoms with E-state index in [9.17, 15) is 4.79 Å². The SMILES string of the molecule is O=C(NC(=S)Nc1cccc(Cl)c1)c1cccs1. The van der Waals surface area contributed by atoms with Crippen molar-refractivity contribution in [3.05, 3.63) is 51.7 Å². The van der Waals surface area contributed by atoms with Crippen LogP contribution in [0.5, 0.6) is 0 Å². The van der Waals surface area contributed by atoms with Crippen molar-refractivity contribution in [2.75, 3.05) is 5.32 Å². The summed E-state index contributed by atoms with van der Waals surface area (Å²) in [6, 6.07) is 10.7. The summed E-state index contributed by atoms with van der Waals surface area (Å²) >= 11 is 12.3. The second-order valence-corrected chi connectivity index (χ2v) is 5.19. The third-order valence-corrected chi connectivity index (χ3v) is 3.36. The van der Waals surface area contributed by atoms with Crippen molar-refractivity contribution in [3.8, 4) is 0 Å². The van der Waals surface area contributed by atoms with Gasteiger partial charge in [-0.3, -0.25) is 10.1 Å². The molecule has 1 aromatic carbocycles. The number of halogens is 1. The van der Waals surface area contributed by atoms with Crippen LogP contribution < -0.4 is 10.6 Å². The summed E-state index contributed by atoms with van der Waals surface area (Å²) in [5.41, 5.74) is 0.735. The van der Waals surface area contributed by atoms with Gasteiger partial charge in [-0.2, -0.15) is 0 Å². The third kappa shape index (κ3) is 3.53. The van der Waals surface area contributed by atoms with E-state index in [1.54, 1.807) is 24.3 Å². The fourth-order valence-corrected chi connectivity index (χ4v) is 2.32. The molecule has 0 radical (unpaired) electrons. The van der Waals surface area contributed by atoms with Crippen LogP contribution in [0.15, 0.2) is 41.8 Å². The van der Waals surface area contributed by atoms with Gasteiger partial charge in [0.25, 0.3) is 5.91 Å². The summed E-state index contributed by atoms with van der Waals surface area (Å²) in [7, 11) is 0. The first-order valence-corrected chi connectivity index (χ1v) is 6.73. The van der Waals surface area contributed by atoms with E-state index in [1.807, 2.05) is 17.5 Å². The Morgan fingerprint density at radius 2 is 2.11 bits per heavy atom. The molecule has 0 fully saturated rings. The van der Waals surface area contributed by atoms with Gasteiger partial charge < -0.3 is 5.32 Å². The van der Waals surface area contributed by atoms with Crippen molar-refractivity contribution in [2.45, 2.75) is 0 Å². The summed E-state index contributed by atoms with van der Waals surface area (Å²) in [5, 5.41) is 8.18. The Morgan fingerprint density at radius 1 is 1.28 bits per heavy atom. The van der Waals surface area contributed by atoms with Crippen LogP contribution in [-0.2, 0) is 0 Å². The molecule has 0 spiro atoms. The van der Waals surface area contributed by atoms with E-state index in [-0.39, 0.29) is 11.0 Å². The molecule has 0 saturated heterocycles. The average Bonchev–Trinajstić information content (AvgIpc) is 2.81. The first kappa shape index (κ1) is 13.0. The van der Waals surface area contributed by atoms with E-state index >= 15 is 0 Å². The highest BCUT2D eigenvalue weighted by atomic mass is 35.5. The Bertz CT molecular complexity index is 569. The van der Waals surface area contributed by atoms with Crippen molar-refractivity contribution >= 4 is 51.9 Å². The van der Waals surface area contributed by atoms with Crippen molar-refractivity contribution in [3.63, 3.8) is 0 Å². The molecule has 1 heterocycles. The third-order valence-electron chi connectivity index (χ3n) is 2.05. The summed E-state index contributed by atoms with van der Waals surface area (Å²) in [5.74, 6) is -0.218. The second kappa shape index (κ2) is 5.95. The van der Waals surface area contributed by atoms with E-state index in [0.29, 0.717) is 9.90 Å². The van der Waals surface area contributed by atoms with E-state index in [2.05, 4.69) is 10.6 Å². The number of rotatable bonds is 2. The maximum Gasteiger partial charge on any atom is 0.267 e. The molecule has 0 saturated carbocycles. The first-order chi connectivity index (χ1) is 8.65. The molecule has 1 amide bonds. The highest BCUT2D eigenvalue weighted by Crippen LogP contribution is 2.14. The van der Waals surface area contributed by atoms with Gasteiger partial charge in [-0.05, 0) is 41.9 Å². The zero-order chi connectivity index (χ0) is 13.0. The van der Waals surface area contributed by atoms with Gasteiger partial charge in [0.2, 0.25) is 0 Å². The molecular formula is C12H9ClN2OS2. The zero-order valence-electron chi connectivity index (χ0n) is 9.14. The number of thiophene rings is 1. The Balaban J connectivity index is 1.95. The fourth-order valence-electron chi connectivity index (χ4n) is 1.30. The lowest BCUT2D eigenvalue weighted by molar-refractivity contribution is 0.0981. The van der Waals surface area contributed by atoms with Crippen LogP contribution in [0.4, 0.5) is 5.69 Å².